The standard InChI is InChI=1S/C25H18Cl2N2O2/c1-2-15-29-22-6-4-3-5-21(22)28-24(29)16-23(17-7-11-19(26)12-8-17)31-25(30)18-9-13-20(27)14-10-18/h2-14,16H,1,15H2/b23-16+. The van der Waals surface area contributed by atoms with Crippen molar-refractivity contribution < 1.29 is 9.53 Å². The van der Waals surface area contributed by atoms with Crippen LogP contribution in [0.2, 0.25) is 10.0 Å². The van der Waals surface area contributed by atoms with Gasteiger partial charge in [0.15, 0.2) is 0 Å². The molecule has 4 aromatic rings. The maximum Gasteiger partial charge on any atom is 0.343 e. The molecule has 4 nitrogen and oxygen atoms in total. The molecule has 0 aliphatic rings. The SMILES string of the molecule is C=CCn1c(/C=C(/OC(=O)c2ccc(Cl)cc2)c2ccc(Cl)cc2)nc2ccccc21. The van der Waals surface area contributed by atoms with Crippen LogP contribution in [0.1, 0.15) is 21.7 Å². The van der Waals surface area contributed by atoms with Crippen molar-refractivity contribution in [1.29, 1.82) is 0 Å². The van der Waals surface area contributed by atoms with Crippen LogP contribution < -0.4 is 0 Å². The summed E-state index contributed by atoms with van der Waals surface area (Å²) in [6.45, 7) is 4.41. The Labute approximate surface area is 190 Å². The highest BCUT2D eigenvalue weighted by Crippen LogP contribution is 2.25. The highest BCUT2D eigenvalue weighted by Gasteiger charge is 2.15. The second-order valence-corrected chi connectivity index (χ2v) is 7.64. The molecule has 4 rings (SSSR count). The summed E-state index contributed by atoms with van der Waals surface area (Å²) >= 11 is 12.0. The van der Waals surface area contributed by atoms with Crippen LogP contribution in [0, 0.1) is 0 Å². The average Bonchev–Trinajstić information content (AvgIpc) is 3.12. The van der Waals surface area contributed by atoms with E-state index >= 15 is 0 Å². The van der Waals surface area contributed by atoms with E-state index in [0.717, 1.165) is 11.0 Å². The largest absolute Gasteiger partial charge is 0.422 e. The molecule has 0 bridgehead atoms. The van der Waals surface area contributed by atoms with Crippen molar-refractivity contribution in [3.63, 3.8) is 0 Å². The smallest absolute Gasteiger partial charge is 0.343 e. The number of para-hydroxylation sites is 2. The van der Waals surface area contributed by atoms with Crippen LogP contribution >= 0.6 is 23.2 Å². The molecule has 0 aliphatic carbocycles. The predicted molar refractivity (Wildman–Crippen MR) is 126 cm³/mol. The van der Waals surface area contributed by atoms with Gasteiger partial charge in [-0.05, 0) is 60.7 Å². The highest BCUT2D eigenvalue weighted by molar-refractivity contribution is 6.31. The van der Waals surface area contributed by atoms with Crippen LogP contribution in [0.25, 0.3) is 22.9 Å². The van der Waals surface area contributed by atoms with Gasteiger partial charge in [0.1, 0.15) is 11.6 Å². The Morgan fingerprint density at radius 1 is 0.935 bits per heavy atom. The van der Waals surface area contributed by atoms with E-state index < -0.39 is 5.97 Å². The molecular formula is C25H18Cl2N2O2. The maximum atomic E-state index is 12.8. The summed E-state index contributed by atoms with van der Waals surface area (Å²) in [6, 6.07) is 21.4. The lowest BCUT2D eigenvalue weighted by Gasteiger charge is -2.11. The van der Waals surface area contributed by atoms with Crippen LogP contribution in [0.15, 0.2) is 85.5 Å². The van der Waals surface area contributed by atoms with Gasteiger partial charge < -0.3 is 9.30 Å². The van der Waals surface area contributed by atoms with E-state index in [-0.39, 0.29) is 0 Å². The molecule has 6 heteroatoms. The summed E-state index contributed by atoms with van der Waals surface area (Å²) in [4.78, 5) is 17.5. The minimum Gasteiger partial charge on any atom is -0.422 e. The van der Waals surface area contributed by atoms with E-state index in [1.807, 2.05) is 28.8 Å². The van der Waals surface area contributed by atoms with Gasteiger partial charge in [0.25, 0.3) is 0 Å². The van der Waals surface area contributed by atoms with Gasteiger partial charge in [-0.2, -0.15) is 0 Å². The molecule has 0 N–H and O–H groups in total. The number of nitrogens with zero attached hydrogens (tertiary/aromatic N) is 2. The van der Waals surface area contributed by atoms with Gasteiger partial charge in [-0.15, -0.1) is 6.58 Å². The van der Waals surface area contributed by atoms with Crippen LogP contribution in [-0.2, 0) is 11.3 Å². The highest BCUT2D eigenvalue weighted by atomic mass is 35.5. The molecule has 3 aromatic carbocycles. The Morgan fingerprint density at radius 2 is 1.55 bits per heavy atom. The molecule has 0 saturated carbocycles. The molecule has 31 heavy (non-hydrogen) atoms. The van der Waals surface area contributed by atoms with Gasteiger partial charge in [-0.1, -0.05) is 41.4 Å². The van der Waals surface area contributed by atoms with Crippen molar-refractivity contribution in [3.05, 3.63) is 112 Å². The topological polar surface area (TPSA) is 44.1 Å². The molecule has 154 valence electrons. The zero-order chi connectivity index (χ0) is 21.8. The number of allylic oxidation sites excluding steroid dienone is 1. The first kappa shape index (κ1) is 20.9. The summed E-state index contributed by atoms with van der Waals surface area (Å²) < 4.78 is 7.80. The molecular weight excluding hydrogens is 431 g/mol. The number of esters is 1. The lowest BCUT2D eigenvalue weighted by molar-refractivity contribution is 0.0693. The van der Waals surface area contributed by atoms with Crippen LogP contribution in [0.5, 0.6) is 0 Å². The summed E-state index contributed by atoms with van der Waals surface area (Å²) in [6.07, 6.45) is 3.55. The number of carbonyl (C=O) groups excluding carboxylic acids is 1. The third-order valence-corrected chi connectivity index (χ3v) is 5.17. The van der Waals surface area contributed by atoms with Crippen LogP contribution in [0.4, 0.5) is 0 Å². The van der Waals surface area contributed by atoms with Gasteiger partial charge >= 0.3 is 5.97 Å². The second-order valence-electron chi connectivity index (χ2n) is 6.77. The number of ether oxygens (including phenoxy) is 1. The van der Waals surface area contributed by atoms with Gasteiger partial charge in [0.2, 0.25) is 0 Å². The molecule has 1 aromatic heterocycles. The minimum atomic E-state index is -0.496. The van der Waals surface area contributed by atoms with E-state index in [2.05, 4.69) is 6.58 Å². The number of hydrogen-bond acceptors (Lipinski definition) is 3. The van der Waals surface area contributed by atoms with Crippen molar-refractivity contribution in [3.8, 4) is 0 Å². The average molecular weight is 449 g/mol. The fourth-order valence-corrected chi connectivity index (χ4v) is 3.43. The Morgan fingerprint density at radius 3 is 2.19 bits per heavy atom. The summed E-state index contributed by atoms with van der Waals surface area (Å²) in [7, 11) is 0. The van der Waals surface area contributed by atoms with Crippen LogP contribution in [-0.4, -0.2) is 15.5 Å². The van der Waals surface area contributed by atoms with Gasteiger partial charge in [-0.25, -0.2) is 9.78 Å². The Hall–Kier alpha value is -3.34. The quantitative estimate of drug-likeness (QED) is 0.183. The molecule has 0 radical (unpaired) electrons. The lowest BCUT2D eigenvalue weighted by Crippen LogP contribution is -2.06. The Bertz CT molecular complexity index is 1270. The Kier molecular flexibility index (Phi) is 6.21. The van der Waals surface area contributed by atoms with E-state index in [1.165, 1.54) is 0 Å². The number of carbonyl (C=O) groups is 1. The molecule has 0 spiro atoms. The monoisotopic (exact) mass is 448 g/mol. The fourth-order valence-electron chi connectivity index (χ4n) is 3.17. The third-order valence-electron chi connectivity index (χ3n) is 4.67. The first-order valence-electron chi connectivity index (χ1n) is 9.56. The number of halogens is 2. The third kappa shape index (κ3) is 4.71. The van der Waals surface area contributed by atoms with E-state index in [4.69, 9.17) is 32.9 Å². The number of fused-ring (bicyclic) bond motifs is 1. The number of aromatic nitrogens is 2. The molecule has 0 atom stereocenters. The summed E-state index contributed by atoms with van der Waals surface area (Å²) in [5.74, 6) is 0.511. The zero-order valence-corrected chi connectivity index (χ0v) is 18.0. The van der Waals surface area contributed by atoms with Gasteiger partial charge in [-0.3, -0.25) is 0 Å². The van der Waals surface area contributed by atoms with Gasteiger partial charge in [0.05, 0.1) is 16.6 Å². The van der Waals surface area contributed by atoms with Gasteiger partial charge in [0, 0.05) is 28.2 Å². The molecule has 0 amide bonds. The molecule has 0 aliphatic heterocycles. The molecule has 0 saturated heterocycles. The minimum absolute atomic E-state index is 0.359. The van der Waals surface area contributed by atoms with Crippen molar-refractivity contribution in [2.45, 2.75) is 6.54 Å². The second kappa shape index (κ2) is 9.21. The van der Waals surface area contributed by atoms with E-state index in [0.29, 0.717) is 39.3 Å². The molecule has 0 fully saturated rings. The van der Waals surface area contributed by atoms with E-state index in [9.17, 15) is 4.79 Å². The summed E-state index contributed by atoms with van der Waals surface area (Å²) in [5, 5.41) is 1.13. The zero-order valence-electron chi connectivity index (χ0n) is 16.5. The van der Waals surface area contributed by atoms with E-state index in [1.54, 1.807) is 60.7 Å². The first-order chi connectivity index (χ1) is 15.0. The lowest BCUT2D eigenvalue weighted by atomic mass is 10.1. The number of benzene rings is 3. The molecule has 0 unspecified atom stereocenters. The van der Waals surface area contributed by atoms with Crippen molar-refractivity contribution in [1.82, 2.24) is 9.55 Å². The van der Waals surface area contributed by atoms with Crippen molar-refractivity contribution >= 4 is 52.0 Å². The number of imidazole rings is 1. The first-order valence-corrected chi connectivity index (χ1v) is 10.3. The maximum absolute atomic E-state index is 12.8. The van der Waals surface area contributed by atoms with Crippen molar-refractivity contribution in [2.24, 2.45) is 0 Å². The predicted octanol–water partition coefficient (Wildman–Crippen LogP) is 6.88. The number of hydrogen-bond donors (Lipinski definition) is 0. The Balaban J connectivity index is 1.80. The summed E-state index contributed by atoms with van der Waals surface area (Å²) in [5.41, 5.74) is 2.90. The van der Waals surface area contributed by atoms with Crippen molar-refractivity contribution in [2.75, 3.05) is 0 Å². The normalized spacial score (nSPS) is 11.5. The van der Waals surface area contributed by atoms with Crippen LogP contribution in [0.3, 0.4) is 0 Å². The fraction of sp³-hybridized carbons (Fsp3) is 0.0400. The molecule has 1 heterocycles. The number of rotatable bonds is 6.